The predicted octanol–water partition coefficient (Wildman–Crippen LogP) is 3.76. The van der Waals surface area contributed by atoms with Gasteiger partial charge in [0.1, 0.15) is 23.6 Å². The molecule has 0 aliphatic carbocycles. The molecule has 1 aromatic heterocycles. The number of hydrogen-bond acceptors (Lipinski definition) is 5. The average Bonchev–Trinajstić information content (AvgIpc) is 2.74. The van der Waals surface area contributed by atoms with E-state index in [1.165, 1.54) is 11.9 Å². The summed E-state index contributed by atoms with van der Waals surface area (Å²) in [5.41, 5.74) is 3.55. The van der Waals surface area contributed by atoms with E-state index in [1.54, 1.807) is 13.2 Å². The molecule has 6 nitrogen and oxygen atoms in total. The van der Waals surface area contributed by atoms with Gasteiger partial charge in [-0.3, -0.25) is 4.79 Å². The summed E-state index contributed by atoms with van der Waals surface area (Å²) in [7, 11) is 1.64. The average molecular weight is 376 g/mol. The lowest BCUT2D eigenvalue weighted by atomic mass is 10.1. The molecular formula is C22H24N4O2. The molecule has 3 rings (SSSR count). The van der Waals surface area contributed by atoms with Crippen molar-refractivity contribution in [2.24, 2.45) is 0 Å². The van der Waals surface area contributed by atoms with Crippen LogP contribution in [0, 0.1) is 0 Å². The number of aromatic nitrogens is 2. The first-order valence-corrected chi connectivity index (χ1v) is 9.27. The molecule has 0 saturated heterocycles. The zero-order valence-corrected chi connectivity index (χ0v) is 16.1. The first kappa shape index (κ1) is 19.4. The van der Waals surface area contributed by atoms with Crippen LogP contribution in [-0.2, 0) is 12.8 Å². The molecule has 1 amide bonds. The molecular weight excluding hydrogens is 352 g/mol. The second kappa shape index (κ2) is 9.50. The molecule has 1 heterocycles. The van der Waals surface area contributed by atoms with E-state index < -0.39 is 0 Å². The molecule has 0 atom stereocenters. The SMILES string of the molecule is CCc1ccc(Nc2cc(C(=O)NCCc3ccccc3OC)ncn2)cc1. The van der Waals surface area contributed by atoms with Gasteiger partial charge in [-0.2, -0.15) is 0 Å². The maximum Gasteiger partial charge on any atom is 0.270 e. The van der Waals surface area contributed by atoms with Crippen molar-refractivity contribution in [3.63, 3.8) is 0 Å². The fraction of sp³-hybridized carbons (Fsp3) is 0.227. The molecule has 28 heavy (non-hydrogen) atoms. The van der Waals surface area contributed by atoms with Crippen molar-refractivity contribution in [2.75, 3.05) is 19.0 Å². The van der Waals surface area contributed by atoms with Crippen molar-refractivity contribution >= 4 is 17.4 Å². The van der Waals surface area contributed by atoms with E-state index in [9.17, 15) is 4.79 Å². The predicted molar refractivity (Wildman–Crippen MR) is 110 cm³/mol. The number of rotatable bonds is 8. The van der Waals surface area contributed by atoms with Crippen LogP contribution >= 0.6 is 0 Å². The van der Waals surface area contributed by atoms with Crippen LogP contribution in [0.25, 0.3) is 0 Å². The third-order valence-corrected chi connectivity index (χ3v) is 4.41. The van der Waals surface area contributed by atoms with Crippen LogP contribution in [0.1, 0.15) is 28.5 Å². The van der Waals surface area contributed by atoms with Crippen LogP contribution in [0.2, 0.25) is 0 Å². The maximum atomic E-state index is 12.4. The zero-order chi connectivity index (χ0) is 19.8. The van der Waals surface area contributed by atoms with Gasteiger partial charge in [0.15, 0.2) is 0 Å². The normalized spacial score (nSPS) is 10.4. The first-order valence-electron chi connectivity index (χ1n) is 9.27. The van der Waals surface area contributed by atoms with Crippen molar-refractivity contribution < 1.29 is 9.53 Å². The van der Waals surface area contributed by atoms with Crippen molar-refractivity contribution in [2.45, 2.75) is 19.8 Å². The Morgan fingerprint density at radius 3 is 2.61 bits per heavy atom. The molecule has 0 spiro atoms. The summed E-state index contributed by atoms with van der Waals surface area (Å²) in [6.45, 7) is 2.61. The minimum absolute atomic E-state index is 0.235. The Labute approximate surface area is 165 Å². The molecule has 2 N–H and O–H groups in total. The number of hydrogen-bond donors (Lipinski definition) is 2. The first-order chi connectivity index (χ1) is 13.7. The maximum absolute atomic E-state index is 12.4. The van der Waals surface area contributed by atoms with Gasteiger partial charge in [-0.1, -0.05) is 37.3 Å². The largest absolute Gasteiger partial charge is 0.496 e. The molecule has 0 aliphatic heterocycles. The van der Waals surface area contributed by atoms with Gasteiger partial charge in [-0.05, 0) is 42.2 Å². The van der Waals surface area contributed by atoms with E-state index >= 15 is 0 Å². The van der Waals surface area contributed by atoms with E-state index in [1.807, 2.05) is 36.4 Å². The summed E-state index contributed by atoms with van der Waals surface area (Å²) in [6.07, 6.45) is 3.06. The minimum atomic E-state index is -0.235. The fourth-order valence-corrected chi connectivity index (χ4v) is 2.83. The number of anilines is 2. The molecule has 144 valence electrons. The quantitative estimate of drug-likeness (QED) is 0.626. The highest BCUT2D eigenvalue weighted by molar-refractivity contribution is 5.92. The lowest BCUT2D eigenvalue weighted by Gasteiger charge is -2.10. The summed E-state index contributed by atoms with van der Waals surface area (Å²) in [6, 6.07) is 17.5. The van der Waals surface area contributed by atoms with Crippen molar-refractivity contribution in [1.29, 1.82) is 0 Å². The van der Waals surface area contributed by atoms with Crippen molar-refractivity contribution in [3.05, 3.63) is 77.7 Å². The highest BCUT2D eigenvalue weighted by Crippen LogP contribution is 2.18. The van der Waals surface area contributed by atoms with Crippen LogP contribution < -0.4 is 15.4 Å². The molecule has 6 heteroatoms. The number of carbonyl (C=O) groups excluding carboxylic acids is 1. The van der Waals surface area contributed by atoms with Crippen LogP contribution in [0.5, 0.6) is 5.75 Å². The molecule has 0 saturated carbocycles. The number of nitrogens with one attached hydrogen (secondary N) is 2. The van der Waals surface area contributed by atoms with Gasteiger partial charge < -0.3 is 15.4 Å². The summed E-state index contributed by atoms with van der Waals surface area (Å²) < 4.78 is 5.33. The number of methoxy groups -OCH3 is 1. The zero-order valence-electron chi connectivity index (χ0n) is 16.1. The number of ether oxygens (including phenoxy) is 1. The van der Waals surface area contributed by atoms with Crippen molar-refractivity contribution in [1.82, 2.24) is 15.3 Å². The lowest BCUT2D eigenvalue weighted by Crippen LogP contribution is -2.26. The highest BCUT2D eigenvalue weighted by Gasteiger charge is 2.09. The Morgan fingerprint density at radius 2 is 1.86 bits per heavy atom. The minimum Gasteiger partial charge on any atom is -0.496 e. The fourth-order valence-electron chi connectivity index (χ4n) is 2.83. The number of nitrogens with zero attached hydrogens (tertiary/aromatic N) is 2. The number of carbonyl (C=O) groups is 1. The van der Waals surface area contributed by atoms with Gasteiger partial charge in [0.25, 0.3) is 5.91 Å². The summed E-state index contributed by atoms with van der Waals surface area (Å²) >= 11 is 0. The van der Waals surface area contributed by atoms with Gasteiger partial charge in [-0.25, -0.2) is 9.97 Å². The number of amides is 1. The monoisotopic (exact) mass is 376 g/mol. The molecule has 0 bridgehead atoms. The summed E-state index contributed by atoms with van der Waals surface area (Å²) in [5, 5.41) is 6.09. The summed E-state index contributed by atoms with van der Waals surface area (Å²) in [5.74, 6) is 1.16. The van der Waals surface area contributed by atoms with E-state index in [-0.39, 0.29) is 5.91 Å². The molecule has 0 fully saturated rings. The Morgan fingerprint density at radius 1 is 1.07 bits per heavy atom. The highest BCUT2D eigenvalue weighted by atomic mass is 16.5. The summed E-state index contributed by atoms with van der Waals surface area (Å²) in [4.78, 5) is 20.7. The van der Waals surface area contributed by atoms with Crippen LogP contribution in [0.3, 0.4) is 0 Å². The van der Waals surface area contributed by atoms with Gasteiger partial charge in [0.2, 0.25) is 0 Å². The molecule has 0 aliphatic rings. The smallest absolute Gasteiger partial charge is 0.270 e. The van der Waals surface area contributed by atoms with Crippen molar-refractivity contribution in [3.8, 4) is 5.75 Å². The molecule has 0 radical (unpaired) electrons. The molecule has 2 aromatic carbocycles. The van der Waals surface area contributed by atoms with E-state index in [0.717, 1.165) is 23.4 Å². The van der Waals surface area contributed by atoms with Crippen LogP contribution in [-0.4, -0.2) is 29.5 Å². The third kappa shape index (κ3) is 5.07. The van der Waals surface area contributed by atoms with Crippen LogP contribution in [0.4, 0.5) is 11.5 Å². The number of para-hydroxylation sites is 1. The number of benzene rings is 2. The second-order valence-corrected chi connectivity index (χ2v) is 6.28. The molecule has 3 aromatic rings. The Bertz CT molecular complexity index is 926. The van der Waals surface area contributed by atoms with Crippen LogP contribution in [0.15, 0.2) is 60.9 Å². The van der Waals surface area contributed by atoms with Gasteiger partial charge >= 0.3 is 0 Å². The standard InChI is InChI=1S/C22H24N4O2/c1-3-16-8-10-18(11-9-16)26-21-14-19(24-15-25-21)22(27)23-13-12-17-6-4-5-7-20(17)28-2/h4-11,14-15H,3,12-13H2,1-2H3,(H,23,27)(H,24,25,26). The third-order valence-electron chi connectivity index (χ3n) is 4.41. The topological polar surface area (TPSA) is 76.1 Å². The Kier molecular flexibility index (Phi) is 6.57. The molecule has 0 unspecified atom stereocenters. The van der Waals surface area contributed by atoms with E-state index in [0.29, 0.717) is 24.5 Å². The van der Waals surface area contributed by atoms with Gasteiger partial charge in [0.05, 0.1) is 7.11 Å². The Hall–Kier alpha value is -3.41. The lowest BCUT2D eigenvalue weighted by molar-refractivity contribution is 0.0949. The van der Waals surface area contributed by atoms with E-state index in [4.69, 9.17) is 4.74 Å². The second-order valence-electron chi connectivity index (χ2n) is 6.28. The van der Waals surface area contributed by atoms with E-state index in [2.05, 4.69) is 39.7 Å². The Balaban J connectivity index is 1.58. The van der Waals surface area contributed by atoms with Gasteiger partial charge in [-0.15, -0.1) is 0 Å². The number of aryl methyl sites for hydroxylation is 1. The van der Waals surface area contributed by atoms with Gasteiger partial charge in [0, 0.05) is 18.3 Å².